The number of fused-ring (bicyclic) bond motifs is 1. The second kappa shape index (κ2) is 4.76. The van der Waals surface area contributed by atoms with Gasteiger partial charge in [-0.2, -0.15) is 5.10 Å². The van der Waals surface area contributed by atoms with Crippen molar-refractivity contribution in [2.45, 2.75) is 33.3 Å². The molecule has 2 aromatic heterocycles. The molecule has 0 aliphatic rings. The average molecular weight is 328 g/mol. The second-order valence-electron chi connectivity index (χ2n) is 4.96. The maximum atomic E-state index is 11.7. The van der Waals surface area contributed by atoms with Crippen LogP contribution in [0, 0.1) is 6.92 Å². The largest absolute Gasteiger partial charge is 0.444 e. The molecular weight excluding hydrogens is 314 g/mol. The summed E-state index contributed by atoms with van der Waals surface area (Å²) in [7, 11) is 0. The summed E-state index contributed by atoms with van der Waals surface area (Å²) in [5, 5.41) is 6.63. The maximum Gasteiger partial charge on any atom is 0.413 e. The highest BCUT2D eigenvalue weighted by molar-refractivity contribution is 9.10. The zero-order chi connectivity index (χ0) is 14.2. The topological polar surface area (TPSA) is 81.4 Å². The zero-order valence-electron chi connectivity index (χ0n) is 11.1. The highest BCUT2D eigenvalue weighted by Gasteiger charge is 2.19. The zero-order valence-corrected chi connectivity index (χ0v) is 12.6. The van der Waals surface area contributed by atoms with Gasteiger partial charge in [-0.15, -0.1) is 0 Å². The molecule has 0 spiro atoms. The van der Waals surface area contributed by atoms with Crippen LogP contribution in [0.1, 0.15) is 26.5 Å². The summed E-state index contributed by atoms with van der Waals surface area (Å²) in [5.41, 5.74) is 0.719. The number of aromatic nitrogens is 4. The molecule has 2 rings (SSSR count). The molecular formula is C11H14BrN5O2. The Morgan fingerprint density at radius 3 is 2.79 bits per heavy atom. The minimum absolute atomic E-state index is 0.338. The first-order valence-corrected chi connectivity index (χ1v) is 6.43. The number of ether oxygens (including phenoxy) is 1. The van der Waals surface area contributed by atoms with Crippen molar-refractivity contribution in [2.75, 3.05) is 5.32 Å². The SMILES string of the molecule is Cc1nc(NC(=O)OC(C)(C)C)c(Br)n2ncnc12. The van der Waals surface area contributed by atoms with Crippen LogP contribution in [0.4, 0.5) is 10.6 Å². The molecule has 7 nitrogen and oxygen atoms in total. The predicted molar refractivity (Wildman–Crippen MR) is 73.1 cm³/mol. The summed E-state index contributed by atoms with van der Waals surface area (Å²) >= 11 is 3.33. The monoisotopic (exact) mass is 327 g/mol. The fraction of sp³-hybridized carbons (Fsp3) is 0.455. The van der Waals surface area contributed by atoms with Gasteiger partial charge in [0.15, 0.2) is 16.1 Å². The van der Waals surface area contributed by atoms with Gasteiger partial charge in [-0.1, -0.05) is 0 Å². The van der Waals surface area contributed by atoms with Gasteiger partial charge in [-0.25, -0.2) is 19.3 Å². The lowest BCUT2D eigenvalue weighted by atomic mass is 10.2. The van der Waals surface area contributed by atoms with Crippen molar-refractivity contribution in [3.05, 3.63) is 16.6 Å². The molecule has 19 heavy (non-hydrogen) atoms. The number of halogens is 1. The van der Waals surface area contributed by atoms with Crippen molar-refractivity contribution in [2.24, 2.45) is 0 Å². The Kier molecular flexibility index (Phi) is 3.44. The summed E-state index contributed by atoms with van der Waals surface area (Å²) < 4.78 is 7.24. The molecule has 0 unspecified atom stereocenters. The standard InChI is InChI=1S/C11H14BrN5O2/c1-6-9-13-5-14-17(9)7(12)8(15-6)16-10(18)19-11(2,3)4/h5H,1-4H3,(H,16,18). The Morgan fingerprint density at radius 1 is 1.47 bits per heavy atom. The first-order chi connectivity index (χ1) is 8.78. The van der Waals surface area contributed by atoms with E-state index in [0.29, 0.717) is 21.8 Å². The average Bonchev–Trinajstić information content (AvgIpc) is 2.72. The minimum Gasteiger partial charge on any atom is -0.444 e. The third kappa shape index (κ3) is 3.01. The smallest absolute Gasteiger partial charge is 0.413 e. The lowest BCUT2D eigenvalue weighted by Crippen LogP contribution is -2.28. The molecule has 0 aliphatic heterocycles. The van der Waals surface area contributed by atoms with E-state index in [1.165, 1.54) is 6.33 Å². The molecule has 8 heteroatoms. The number of hydrogen-bond acceptors (Lipinski definition) is 5. The highest BCUT2D eigenvalue weighted by Crippen LogP contribution is 2.22. The van der Waals surface area contributed by atoms with Gasteiger partial charge in [0.25, 0.3) is 0 Å². The van der Waals surface area contributed by atoms with Crippen molar-refractivity contribution in [1.82, 2.24) is 19.6 Å². The van der Waals surface area contributed by atoms with Gasteiger partial charge in [0, 0.05) is 0 Å². The van der Waals surface area contributed by atoms with E-state index in [4.69, 9.17) is 4.74 Å². The van der Waals surface area contributed by atoms with Crippen molar-refractivity contribution >= 4 is 33.5 Å². The van der Waals surface area contributed by atoms with Crippen molar-refractivity contribution < 1.29 is 9.53 Å². The normalized spacial score (nSPS) is 11.6. The molecule has 2 aromatic rings. The van der Waals surface area contributed by atoms with Crippen LogP contribution in [0.5, 0.6) is 0 Å². The molecule has 2 heterocycles. The van der Waals surface area contributed by atoms with Crippen LogP contribution in [0.25, 0.3) is 5.65 Å². The Balaban J connectivity index is 2.31. The summed E-state index contributed by atoms with van der Waals surface area (Å²) in [6.07, 6.45) is 0.853. The van der Waals surface area contributed by atoms with Gasteiger partial charge >= 0.3 is 6.09 Å². The molecule has 0 fully saturated rings. The summed E-state index contributed by atoms with van der Waals surface area (Å²) in [4.78, 5) is 20.1. The van der Waals surface area contributed by atoms with E-state index in [9.17, 15) is 4.79 Å². The molecule has 0 radical (unpaired) electrons. The Morgan fingerprint density at radius 2 is 2.16 bits per heavy atom. The van der Waals surface area contributed by atoms with Crippen LogP contribution >= 0.6 is 15.9 Å². The summed E-state index contributed by atoms with van der Waals surface area (Å²) in [5.74, 6) is 0.338. The first-order valence-electron chi connectivity index (χ1n) is 5.64. The number of nitrogens with zero attached hydrogens (tertiary/aromatic N) is 4. The molecule has 102 valence electrons. The highest BCUT2D eigenvalue weighted by atomic mass is 79.9. The Hall–Kier alpha value is -1.70. The van der Waals surface area contributed by atoms with Crippen LogP contribution in [-0.4, -0.2) is 31.3 Å². The number of hydrogen-bond donors (Lipinski definition) is 1. The number of amides is 1. The number of nitrogens with one attached hydrogen (secondary N) is 1. The maximum absolute atomic E-state index is 11.7. The van der Waals surface area contributed by atoms with Gasteiger partial charge in [-0.05, 0) is 43.6 Å². The molecule has 0 saturated carbocycles. The lowest BCUT2D eigenvalue weighted by Gasteiger charge is -2.19. The number of carbonyl (C=O) groups excluding carboxylic acids is 1. The lowest BCUT2D eigenvalue weighted by molar-refractivity contribution is 0.0635. The van der Waals surface area contributed by atoms with Gasteiger partial charge in [0.1, 0.15) is 11.9 Å². The predicted octanol–water partition coefficient (Wildman–Crippen LogP) is 2.54. The van der Waals surface area contributed by atoms with Gasteiger partial charge in [-0.3, -0.25) is 5.32 Å². The van der Waals surface area contributed by atoms with Crippen molar-refractivity contribution in [1.29, 1.82) is 0 Å². The van der Waals surface area contributed by atoms with E-state index in [1.807, 2.05) is 0 Å². The number of anilines is 1. The van der Waals surface area contributed by atoms with Crippen LogP contribution in [0.15, 0.2) is 10.9 Å². The van der Waals surface area contributed by atoms with E-state index in [-0.39, 0.29) is 0 Å². The van der Waals surface area contributed by atoms with Crippen molar-refractivity contribution in [3.63, 3.8) is 0 Å². The molecule has 0 aromatic carbocycles. The van der Waals surface area contributed by atoms with Crippen LogP contribution in [-0.2, 0) is 4.74 Å². The molecule has 0 atom stereocenters. The van der Waals surface area contributed by atoms with Crippen LogP contribution in [0.2, 0.25) is 0 Å². The number of aryl methyl sites for hydroxylation is 1. The molecule has 0 saturated heterocycles. The Labute approximate surface area is 118 Å². The van der Waals surface area contributed by atoms with Gasteiger partial charge in [0.2, 0.25) is 0 Å². The molecule has 1 N–H and O–H groups in total. The third-order valence-electron chi connectivity index (χ3n) is 2.15. The van der Waals surface area contributed by atoms with Crippen molar-refractivity contribution in [3.8, 4) is 0 Å². The van der Waals surface area contributed by atoms with E-state index in [0.717, 1.165) is 0 Å². The van der Waals surface area contributed by atoms with Gasteiger partial charge in [0.05, 0.1) is 5.69 Å². The quantitative estimate of drug-likeness (QED) is 0.870. The molecule has 0 bridgehead atoms. The number of rotatable bonds is 1. The van der Waals surface area contributed by atoms with Crippen LogP contribution < -0.4 is 5.32 Å². The van der Waals surface area contributed by atoms with E-state index in [2.05, 4.69) is 36.3 Å². The fourth-order valence-electron chi connectivity index (χ4n) is 1.48. The second-order valence-corrected chi connectivity index (χ2v) is 5.71. The minimum atomic E-state index is -0.570. The Bertz CT molecular complexity index is 632. The third-order valence-corrected chi connectivity index (χ3v) is 2.86. The summed E-state index contributed by atoms with van der Waals surface area (Å²) in [6.45, 7) is 7.17. The summed E-state index contributed by atoms with van der Waals surface area (Å²) in [6, 6.07) is 0. The van der Waals surface area contributed by atoms with Gasteiger partial charge < -0.3 is 4.74 Å². The fourth-order valence-corrected chi connectivity index (χ4v) is 1.92. The molecule has 0 aliphatic carbocycles. The van der Waals surface area contributed by atoms with Crippen LogP contribution in [0.3, 0.4) is 0 Å². The van der Waals surface area contributed by atoms with E-state index < -0.39 is 11.7 Å². The van der Waals surface area contributed by atoms with E-state index >= 15 is 0 Å². The molecule has 1 amide bonds. The first kappa shape index (κ1) is 13.7. The van der Waals surface area contributed by atoms with E-state index in [1.54, 1.807) is 32.2 Å². The number of carbonyl (C=O) groups is 1.